The predicted molar refractivity (Wildman–Crippen MR) is 81.5 cm³/mol. The van der Waals surface area contributed by atoms with Gasteiger partial charge in [0.15, 0.2) is 9.84 Å². The summed E-state index contributed by atoms with van der Waals surface area (Å²) in [4.78, 5) is -0.121. The van der Waals surface area contributed by atoms with Gasteiger partial charge in [-0.1, -0.05) is 24.3 Å². The molecule has 1 N–H and O–H groups in total. The topological polar surface area (TPSA) is 80.3 Å². The van der Waals surface area contributed by atoms with E-state index in [1.807, 2.05) is 0 Å². The third-order valence-corrected chi connectivity index (χ3v) is 5.41. The molecular weight excluding hydrogens is 310 g/mol. The highest BCUT2D eigenvalue weighted by atomic mass is 32.2. The zero-order valence-corrected chi connectivity index (χ0v) is 13.2. The van der Waals surface area contributed by atoms with Crippen LogP contribution in [0.2, 0.25) is 0 Å². The number of aryl methyl sites for hydroxylation is 1. The lowest BCUT2D eigenvalue weighted by Gasteiger charge is -2.11. The fraction of sp³-hybridized carbons (Fsp3) is 0.143. The molecule has 0 aliphatic carbocycles. The van der Waals surface area contributed by atoms with E-state index in [-0.39, 0.29) is 9.79 Å². The standard InChI is InChI=1S/C14H15NO4S2/c1-11-6-3-4-9-14(11)15-21(18,19)13-8-5-7-12(10-13)20(2,16)17/h3-10,15H,1-2H3. The maximum atomic E-state index is 12.3. The molecule has 0 aromatic heterocycles. The number of sulfone groups is 1. The summed E-state index contributed by atoms with van der Waals surface area (Å²) in [5, 5.41) is 0. The fourth-order valence-corrected chi connectivity index (χ4v) is 3.68. The minimum Gasteiger partial charge on any atom is -0.279 e. The van der Waals surface area contributed by atoms with E-state index in [9.17, 15) is 16.8 Å². The highest BCUT2D eigenvalue weighted by Gasteiger charge is 2.17. The first-order chi connectivity index (χ1) is 9.70. The average molecular weight is 325 g/mol. The first-order valence-corrected chi connectivity index (χ1v) is 9.46. The Morgan fingerprint density at radius 1 is 0.857 bits per heavy atom. The summed E-state index contributed by atoms with van der Waals surface area (Å²) in [6.07, 6.45) is 1.04. The van der Waals surface area contributed by atoms with E-state index in [0.29, 0.717) is 5.69 Å². The lowest BCUT2D eigenvalue weighted by molar-refractivity contribution is 0.599. The van der Waals surface area contributed by atoms with Gasteiger partial charge in [-0.25, -0.2) is 16.8 Å². The molecule has 2 rings (SSSR count). The van der Waals surface area contributed by atoms with E-state index in [1.54, 1.807) is 31.2 Å². The Bertz CT molecular complexity index is 871. The number of hydrogen-bond donors (Lipinski definition) is 1. The van der Waals surface area contributed by atoms with Gasteiger partial charge in [-0.05, 0) is 36.8 Å². The number of hydrogen-bond acceptors (Lipinski definition) is 4. The van der Waals surface area contributed by atoms with Gasteiger partial charge in [-0.15, -0.1) is 0 Å². The number of rotatable bonds is 4. The highest BCUT2D eigenvalue weighted by molar-refractivity contribution is 7.93. The monoisotopic (exact) mass is 325 g/mol. The third-order valence-electron chi connectivity index (χ3n) is 2.93. The Hall–Kier alpha value is -1.86. The molecule has 0 saturated heterocycles. The molecule has 0 saturated carbocycles. The smallest absolute Gasteiger partial charge is 0.261 e. The minimum atomic E-state index is -3.83. The van der Waals surface area contributed by atoms with Gasteiger partial charge >= 0.3 is 0 Å². The van der Waals surface area contributed by atoms with Gasteiger partial charge in [0.05, 0.1) is 15.5 Å². The summed E-state index contributed by atoms with van der Waals surface area (Å²) < 4.78 is 50.1. The Morgan fingerprint density at radius 3 is 2.10 bits per heavy atom. The molecular formula is C14H15NO4S2. The zero-order valence-electron chi connectivity index (χ0n) is 11.6. The van der Waals surface area contributed by atoms with Gasteiger partial charge < -0.3 is 0 Å². The van der Waals surface area contributed by atoms with Crippen molar-refractivity contribution in [3.8, 4) is 0 Å². The van der Waals surface area contributed by atoms with Crippen molar-refractivity contribution in [2.45, 2.75) is 16.7 Å². The maximum absolute atomic E-state index is 12.3. The minimum absolute atomic E-state index is 0.0323. The largest absolute Gasteiger partial charge is 0.279 e. The summed E-state index contributed by atoms with van der Waals surface area (Å²) in [6, 6.07) is 12.2. The van der Waals surface area contributed by atoms with Gasteiger partial charge in [0.1, 0.15) is 0 Å². The van der Waals surface area contributed by atoms with E-state index >= 15 is 0 Å². The van der Waals surface area contributed by atoms with Gasteiger partial charge in [0, 0.05) is 6.26 Å². The Morgan fingerprint density at radius 2 is 1.48 bits per heavy atom. The van der Waals surface area contributed by atoms with E-state index in [4.69, 9.17) is 0 Å². The molecule has 2 aromatic carbocycles. The van der Waals surface area contributed by atoms with Crippen LogP contribution >= 0.6 is 0 Å². The molecule has 7 heteroatoms. The second kappa shape index (κ2) is 5.50. The molecule has 5 nitrogen and oxygen atoms in total. The first-order valence-electron chi connectivity index (χ1n) is 6.09. The third kappa shape index (κ3) is 3.62. The lowest BCUT2D eigenvalue weighted by atomic mass is 10.2. The molecule has 0 amide bonds. The van der Waals surface area contributed by atoms with Crippen molar-refractivity contribution in [1.82, 2.24) is 0 Å². The number of sulfonamides is 1. The summed E-state index contributed by atoms with van der Waals surface area (Å²) in [5.74, 6) is 0. The van der Waals surface area contributed by atoms with Gasteiger partial charge in [0.25, 0.3) is 10.0 Å². The van der Waals surface area contributed by atoms with Crippen LogP contribution in [0.5, 0.6) is 0 Å². The Kier molecular flexibility index (Phi) is 4.06. The van der Waals surface area contributed by atoms with Crippen molar-refractivity contribution in [1.29, 1.82) is 0 Å². The summed E-state index contributed by atoms with van der Waals surface area (Å²) >= 11 is 0. The van der Waals surface area contributed by atoms with E-state index in [2.05, 4.69) is 4.72 Å². The van der Waals surface area contributed by atoms with Crippen molar-refractivity contribution in [2.75, 3.05) is 11.0 Å². The molecule has 0 radical (unpaired) electrons. The average Bonchev–Trinajstić information content (AvgIpc) is 2.40. The van der Waals surface area contributed by atoms with E-state index in [1.165, 1.54) is 18.2 Å². The van der Waals surface area contributed by atoms with Gasteiger partial charge in [-0.2, -0.15) is 0 Å². The van der Waals surface area contributed by atoms with Crippen LogP contribution in [-0.2, 0) is 19.9 Å². The lowest BCUT2D eigenvalue weighted by Crippen LogP contribution is -2.14. The molecule has 2 aromatic rings. The Labute approximate surface area is 124 Å². The van der Waals surface area contributed by atoms with Crippen molar-refractivity contribution in [3.63, 3.8) is 0 Å². The maximum Gasteiger partial charge on any atom is 0.261 e. The van der Waals surface area contributed by atoms with Crippen molar-refractivity contribution >= 4 is 25.5 Å². The van der Waals surface area contributed by atoms with E-state index in [0.717, 1.165) is 17.9 Å². The van der Waals surface area contributed by atoms with Crippen LogP contribution in [0.25, 0.3) is 0 Å². The second-order valence-electron chi connectivity index (χ2n) is 4.67. The number of para-hydroxylation sites is 1. The number of anilines is 1. The van der Waals surface area contributed by atoms with Gasteiger partial charge in [0.2, 0.25) is 0 Å². The number of nitrogens with one attached hydrogen (secondary N) is 1. The van der Waals surface area contributed by atoms with Gasteiger partial charge in [-0.3, -0.25) is 4.72 Å². The fourth-order valence-electron chi connectivity index (χ4n) is 1.76. The quantitative estimate of drug-likeness (QED) is 0.934. The summed E-state index contributed by atoms with van der Waals surface area (Å²) in [5.41, 5.74) is 1.24. The summed E-state index contributed by atoms with van der Waals surface area (Å²) in [6.45, 7) is 1.78. The molecule has 0 bridgehead atoms. The van der Waals surface area contributed by atoms with Crippen LogP contribution in [0.15, 0.2) is 58.3 Å². The molecule has 0 unspecified atom stereocenters. The summed E-state index contributed by atoms with van der Waals surface area (Å²) in [7, 11) is -7.29. The normalized spacial score (nSPS) is 12.1. The van der Waals surface area contributed by atoms with Crippen molar-refractivity contribution < 1.29 is 16.8 Å². The number of benzene rings is 2. The zero-order chi connectivity index (χ0) is 15.7. The van der Waals surface area contributed by atoms with E-state index < -0.39 is 19.9 Å². The SMILES string of the molecule is Cc1ccccc1NS(=O)(=O)c1cccc(S(C)(=O)=O)c1. The van der Waals surface area contributed by atoms with Crippen LogP contribution in [0, 0.1) is 6.92 Å². The molecule has 0 fully saturated rings. The first kappa shape index (κ1) is 15.5. The van der Waals surface area contributed by atoms with Crippen LogP contribution in [0.1, 0.15) is 5.56 Å². The molecule has 112 valence electrons. The Balaban J connectivity index is 2.44. The van der Waals surface area contributed by atoms with Crippen LogP contribution < -0.4 is 4.72 Å². The molecule has 0 aliphatic heterocycles. The van der Waals surface area contributed by atoms with Crippen LogP contribution in [-0.4, -0.2) is 23.1 Å². The second-order valence-corrected chi connectivity index (χ2v) is 8.37. The molecule has 0 aliphatic rings. The predicted octanol–water partition coefficient (Wildman–Crippen LogP) is 2.20. The molecule has 0 heterocycles. The molecule has 21 heavy (non-hydrogen) atoms. The highest BCUT2D eigenvalue weighted by Crippen LogP contribution is 2.21. The van der Waals surface area contributed by atoms with Crippen LogP contribution in [0.3, 0.4) is 0 Å². The van der Waals surface area contributed by atoms with Crippen molar-refractivity contribution in [2.24, 2.45) is 0 Å². The molecule has 0 atom stereocenters. The van der Waals surface area contributed by atoms with Crippen molar-refractivity contribution in [3.05, 3.63) is 54.1 Å². The molecule has 0 spiro atoms. The van der Waals surface area contributed by atoms with Crippen LogP contribution in [0.4, 0.5) is 5.69 Å².